The van der Waals surface area contributed by atoms with E-state index >= 15 is 0 Å². The summed E-state index contributed by atoms with van der Waals surface area (Å²) in [5, 5.41) is 6.15. The maximum absolute atomic E-state index is 12.4. The molecule has 1 aliphatic rings. The molecule has 1 heterocycles. The quantitative estimate of drug-likeness (QED) is 0.774. The smallest absolute Gasteiger partial charge is 0.239 e. The molecule has 110 valence electrons. The van der Waals surface area contributed by atoms with Crippen molar-refractivity contribution in [2.24, 2.45) is 5.92 Å². The first-order chi connectivity index (χ1) is 8.93. The Morgan fingerprint density at radius 1 is 1.37 bits per heavy atom. The third-order valence-corrected chi connectivity index (χ3v) is 3.49. The van der Waals surface area contributed by atoms with E-state index in [-0.39, 0.29) is 30.3 Å². The highest BCUT2D eigenvalue weighted by atomic mass is 16.2. The van der Waals surface area contributed by atoms with Crippen LogP contribution in [0.3, 0.4) is 0 Å². The van der Waals surface area contributed by atoms with Gasteiger partial charge in [0.05, 0.1) is 12.5 Å². The summed E-state index contributed by atoms with van der Waals surface area (Å²) in [6.07, 6.45) is 1.93. The average Bonchev–Trinajstić information content (AvgIpc) is 2.35. The lowest BCUT2D eigenvalue weighted by Crippen LogP contribution is -2.48. The van der Waals surface area contributed by atoms with Gasteiger partial charge in [-0.3, -0.25) is 9.59 Å². The van der Waals surface area contributed by atoms with Crippen molar-refractivity contribution in [1.29, 1.82) is 0 Å². The Morgan fingerprint density at radius 2 is 2.05 bits per heavy atom. The van der Waals surface area contributed by atoms with Crippen molar-refractivity contribution in [2.75, 3.05) is 19.6 Å². The van der Waals surface area contributed by atoms with Gasteiger partial charge in [0.1, 0.15) is 0 Å². The maximum Gasteiger partial charge on any atom is 0.239 e. The van der Waals surface area contributed by atoms with Gasteiger partial charge in [0.15, 0.2) is 0 Å². The van der Waals surface area contributed by atoms with Crippen molar-refractivity contribution < 1.29 is 9.59 Å². The standard InChI is InChI=1S/C14H27N3O2/c1-5-17(9-13(18)16-10(2)3)14(19)12-7-6-11(4)15-8-12/h10-12,15H,5-9H2,1-4H3,(H,16,18). The van der Waals surface area contributed by atoms with Crippen LogP contribution >= 0.6 is 0 Å². The topological polar surface area (TPSA) is 61.4 Å². The normalized spacial score (nSPS) is 23.2. The molecule has 0 spiro atoms. The van der Waals surface area contributed by atoms with Crippen LogP contribution in [0.2, 0.25) is 0 Å². The number of carbonyl (C=O) groups is 2. The molecule has 0 aromatic heterocycles. The molecule has 0 aromatic carbocycles. The number of amides is 2. The highest BCUT2D eigenvalue weighted by Gasteiger charge is 2.28. The van der Waals surface area contributed by atoms with E-state index in [1.165, 1.54) is 0 Å². The number of likely N-dealkylation sites (N-methyl/N-ethyl adjacent to an activating group) is 1. The number of carbonyl (C=O) groups excluding carboxylic acids is 2. The molecule has 1 fully saturated rings. The van der Waals surface area contributed by atoms with E-state index in [0.29, 0.717) is 12.6 Å². The van der Waals surface area contributed by atoms with Gasteiger partial charge in [0.2, 0.25) is 11.8 Å². The molecule has 0 bridgehead atoms. The van der Waals surface area contributed by atoms with Crippen LogP contribution in [0.15, 0.2) is 0 Å². The fourth-order valence-electron chi connectivity index (χ4n) is 2.35. The second-order valence-electron chi connectivity index (χ2n) is 5.66. The number of hydrogen-bond donors (Lipinski definition) is 2. The molecule has 0 saturated carbocycles. The zero-order chi connectivity index (χ0) is 14.4. The first-order valence-electron chi connectivity index (χ1n) is 7.25. The third-order valence-electron chi connectivity index (χ3n) is 3.49. The Labute approximate surface area is 116 Å². The van der Waals surface area contributed by atoms with Crippen LogP contribution in [0.5, 0.6) is 0 Å². The van der Waals surface area contributed by atoms with Crippen molar-refractivity contribution in [3.63, 3.8) is 0 Å². The van der Waals surface area contributed by atoms with Crippen molar-refractivity contribution in [3.8, 4) is 0 Å². The van der Waals surface area contributed by atoms with Crippen LogP contribution in [0.25, 0.3) is 0 Å². The van der Waals surface area contributed by atoms with Gasteiger partial charge in [-0.15, -0.1) is 0 Å². The molecule has 5 nitrogen and oxygen atoms in total. The minimum atomic E-state index is -0.0812. The van der Waals surface area contributed by atoms with E-state index in [4.69, 9.17) is 0 Å². The molecule has 0 aromatic rings. The largest absolute Gasteiger partial charge is 0.352 e. The summed E-state index contributed by atoms with van der Waals surface area (Å²) in [5.74, 6) is 0.0335. The third kappa shape index (κ3) is 5.19. The summed E-state index contributed by atoms with van der Waals surface area (Å²) < 4.78 is 0. The van der Waals surface area contributed by atoms with Gasteiger partial charge >= 0.3 is 0 Å². The summed E-state index contributed by atoms with van der Waals surface area (Å²) >= 11 is 0. The van der Waals surface area contributed by atoms with Gasteiger partial charge in [-0.05, 0) is 40.5 Å². The van der Waals surface area contributed by atoms with Gasteiger partial charge in [0.25, 0.3) is 0 Å². The SMILES string of the molecule is CCN(CC(=O)NC(C)C)C(=O)C1CCC(C)NC1. The molecule has 1 aliphatic heterocycles. The summed E-state index contributed by atoms with van der Waals surface area (Å²) in [6, 6.07) is 0.599. The predicted octanol–water partition coefficient (Wildman–Crippen LogP) is 0.748. The highest BCUT2D eigenvalue weighted by Crippen LogP contribution is 2.16. The Balaban J connectivity index is 2.49. The molecular formula is C14H27N3O2. The molecule has 2 amide bonds. The Bertz CT molecular complexity index is 310. The van der Waals surface area contributed by atoms with Gasteiger partial charge in [-0.25, -0.2) is 0 Å². The summed E-state index contributed by atoms with van der Waals surface area (Å²) in [5.41, 5.74) is 0. The first kappa shape index (κ1) is 16.0. The Morgan fingerprint density at radius 3 is 2.53 bits per heavy atom. The number of nitrogens with zero attached hydrogens (tertiary/aromatic N) is 1. The second kappa shape index (κ2) is 7.48. The molecular weight excluding hydrogens is 242 g/mol. The van der Waals surface area contributed by atoms with E-state index in [2.05, 4.69) is 17.6 Å². The predicted molar refractivity (Wildman–Crippen MR) is 75.7 cm³/mol. The minimum Gasteiger partial charge on any atom is -0.352 e. The van der Waals surface area contributed by atoms with Crippen LogP contribution in [-0.2, 0) is 9.59 Å². The van der Waals surface area contributed by atoms with Gasteiger partial charge in [-0.1, -0.05) is 0 Å². The minimum absolute atomic E-state index is 0.0167. The molecule has 1 rings (SSSR count). The molecule has 0 radical (unpaired) electrons. The fourth-order valence-corrected chi connectivity index (χ4v) is 2.35. The van der Waals surface area contributed by atoms with E-state index in [9.17, 15) is 9.59 Å². The van der Waals surface area contributed by atoms with Gasteiger partial charge in [0, 0.05) is 25.2 Å². The van der Waals surface area contributed by atoms with Crippen molar-refractivity contribution in [2.45, 2.75) is 52.6 Å². The fraction of sp³-hybridized carbons (Fsp3) is 0.857. The lowest BCUT2D eigenvalue weighted by Gasteiger charge is -2.31. The zero-order valence-corrected chi connectivity index (χ0v) is 12.5. The summed E-state index contributed by atoms with van der Waals surface area (Å²) in [7, 11) is 0. The molecule has 5 heteroatoms. The monoisotopic (exact) mass is 269 g/mol. The van der Waals surface area contributed by atoms with Crippen LogP contribution < -0.4 is 10.6 Å². The molecule has 2 N–H and O–H groups in total. The van der Waals surface area contributed by atoms with E-state index in [1.807, 2.05) is 20.8 Å². The lowest BCUT2D eigenvalue weighted by molar-refractivity contribution is -0.140. The summed E-state index contributed by atoms with van der Waals surface area (Å²) in [6.45, 7) is 9.36. The first-order valence-corrected chi connectivity index (χ1v) is 7.25. The lowest BCUT2D eigenvalue weighted by atomic mass is 9.94. The van der Waals surface area contributed by atoms with Crippen LogP contribution in [0.4, 0.5) is 0 Å². The molecule has 0 aliphatic carbocycles. The van der Waals surface area contributed by atoms with E-state index in [0.717, 1.165) is 19.4 Å². The zero-order valence-electron chi connectivity index (χ0n) is 12.5. The van der Waals surface area contributed by atoms with E-state index in [1.54, 1.807) is 4.90 Å². The van der Waals surface area contributed by atoms with Crippen molar-refractivity contribution in [1.82, 2.24) is 15.5 Å². The van der Waals surface area contributed by atoms with Crippen LogP contribution in [-0.4, -0.2) is 48.4 Å². The van der Waals surface area contributed by atoms with Crippen LogP contribution in [0.1, 0.15) is 40.5 Å². The highest BCUT2D eigenvalue weighted by molar-refractivity contribution is 5.86. The Hall–Kier alpha value is -1.10. The second-order valence-corrected chi connectivity index (χ2v) is 5.66. The van der Waals surface area contributed by atoms with Crippen molar-refractivity contribution in [3.05, 3.63) is 0 Å². The van der Waals surface area contributed by atoms with Gasteiger partial charge < -0.3 is 15.5 Å². The van der Waals surface area contributed by atoms with Crippen LogP contribution in [0, 0.1) is 5.92 Å². The molecule has 1 saturated heterocycles. The molecule has 19 heavy (non-hydrogen) atoms. The van der Waals surface area contributed by atoms with E-state index < -0.39 is 0 Å². The summed E-state index contributed by atoms with van der Waals surface area (Å²) in [4.78, 5) is 25.8. The van der Waals surface area contributed by atoms with Crippen molar-refractivity contribution >= 4 is 11.8 Å². The molecule has 2 unspecified atom stereocenters. The number of hydrogen-bond acceptors (Lipinski definition) is 3. The van der Waals surface area contributed by atoms with Gasteiger partial charge in [-0.2, -0.15) is 0 Å². The number of rotatable bonds is 5. The molecule has 2 atom stereocenters. The number of piperidine rings is 1. The average molecular weight is 269 g/mol. The maximum atomic E-state index is 12.4. The Kier molecular flexibility index (Phi) is 6.28. The number of nitrogens with one attached hydrogen (secondary N) is 2.